The Bertz CT molecular complexity index is 263. The summed E-state index contributed by atoms with van der Waals surface area (Å²) < 4.78 is 36.9. The summed E-state index contributed by atoms with van der Waals surface area (Å²) in [4.78, 5) is 0. The smallest absolute Gasteiger partial charge is 0.211 e. The van der Waals surface area contributed by atoms with Crippen LogP contribution in [0.3, 0.4) is 0 Å². The van der Waals surface area contributed by atoms with Gasteiger partial charge in [-0.05, 0) is 19.3 Å². The Morgan fingerprint density at radius 2 is 1.87 bits per heavy atom. The van der Waals surface area contributed by atoms with Gasteiger partial charge in [-0.2, -0.15) is 0 Å². The van der Waals surface area contributed by atoms with Gasteiger partial charge < -0.3 is 5.73 Å². The van der Waals surface area contributed by atoms with Gasteiger partial charge in [-0.1, -0.05) is 13.8 Å². The lowest BCUT2D eigenvalue weighted by Gasteiger charge is -2.26. The average molecular weight is 240 g/mol. The van der Waals surface area contributed by atoms with Gasteiger partial charge in [0.2, 0.25) is 10.0 Å². The van der Waals surface area contributed by atoms with Crippen molar-refractivity contribution in [2.45, 2.75) is 38.6 Å². The minimum absolute atomic E-state index is 0.0329. The third kappa shape index (κ3) is 6.06. The van der Waals surface area contributed by atoms with Crippen LogP contribution in [0.25, 0.3) is 0 Å². The molecule has 0 fully saturated rings. The number of alkyl halides is 1. The molecule has 3 N–H and O–H groups in total. The average Bonchev–Trinajstić information content (AvgIpc) is 2.23. The maximum absolute atomic E-state index is 11.8. The first kappa shape index (κ1) is 14.8. The molecule has 0 rings (SSSR count). The molecule has 0 aromatic heterocycles. The van der Waals surface area contributed by atoms with Gasteiger partial charge in [0.1, 0.15) is 0 Å². The molecule has 4 nitrogen and oxygen atoms in total. The largest absolute Gasteiger partial charge is 0.324 e. The summed E-state index contributed by atoms with van der Waals surface area (Å²) in [6.45, 7) is 3.43. The Labute approximate surface area is 91.5 Å². The van der Waals surface area contributed by atoms with E-state index in [4.69, 9.17) is 5.73 Å². The minimum Gasteiger partial charge on any atom is -0.324 e. The second kappa shape index (κ2) is 6.40. The van der Waals surface area contributed by atoms with E-state index in [1.807, 2.05) is 13.8 Å². The number of nitrogens with two attached hydrogens (primary N) is 1. The highest BCUT2D eigenvalue weighted by molar-refractivity contribution is 7.89. The van der Waals surface area contributed by atoms with Crippen LogP contribution in [0, 0.1) is 0 Å². The predicted octanol–water partition coefficient (Wildman–Crippen LogP) is 0.783. The van der Waals surface area contributed by atoms with Crippen molar-refractivity contribution < 1.29 is 12.8 Å². The zero-order valence-corrected chi connectivity index (χ0v) is 10.2. The maximum atomic E-state index is 11.8. The van der Waals surface area contributed by atoms with Crippen molar-refractivity contribution in [3.8, 4) is 0 Å². The highest BCUT2D eigenvalue weighted by Gasteiger charge is 2.22. The van der Waals surface area contributed by atoms with E-state index in [9.17, 15) is 12.8 Å². The van der Waals surface area contributed by atoms with Crippen LogP contribution in [0.2, 0.25) is 0 Å². The molecule has 0 spiro atoms. The van der Waals surface area contributed by atoms with E-state index in [0.717, 1.165) is 0 Å². The Morgan fingerprint density at radius 3 is 2.27 bits per heavy atom. The molecule has 0 heterocycles. The molecule has 15 heavy (non-hydrogen) atoms. The lowest BCUT2D eigenvalue weighted by atomic mass is 9.95. The summed E-state index contributed by atoms with van der Waals surface area (Å²) >= 11 is 0. The summed E-state index contributed by atoms with van der Waals surface area (Å²) in [5.41, 5.74) is 5.43. The highest BCUT2D eigenvalue weighted by atomic mass is 32.2. The summed E-state index contributed by atoms with van der Waals surface area (Å²) in [6.07, 6.45) is 1.44. The summed E-state index contributed by atoms with van der Waals surface area (Å²) in [6, 6.07) is 0. The quantitative estimate of drug-likeness (QED) is 0.658. The van der Waals surface area contributed by atoms with Crippen LogP contribution in [0.1, 0.15) is 33.1 Å². The molecule has 0 aromatic rings. The molecule has 92 valence electrons. The molecule has 0 aliphatic rings. The van der Waals surface area contributed by atoms with Gasteiger partial charge in [0, 0.05) is 12.1 Å². The summed E-state index contributed by atoms with van der Waals surface area (Å²) in [5, 5.41) is 0. The summed E-state index contributed by atoms with van der Waals surface area (Å²) in [5.74, 6) is -0.174. The fraction of sp³-hybridized carbons (Fsp3) is 1.00. The SMILES string of the molecule is CCC(N)(CC)CNS(=O)(=O)CCCF. The Morgan fingerprint density at radius 1 is 1.33 bits per heavy atom. The summed E-state index contributed by atoms with van der Waals surface area (Å²) in [7, 11) is -3.37. The van der Waals surface area contributed by atoms with E-state index in [0.29, 0.717) is 12.8 Å². The Hall–Kier alpha value is -0.200. The number of rotatable bonds is 8. The standard InChI is InChI=1S/C9H21FN2O2S/c1-3-9(11,4-2)8-12-15(13,14)7-5-6-10/h12H,3-8,11H2,1-2H3. The molecule has 0 radical (unpaired) electrons. The van der Waals surface area contributed by atoms with Crippen molar-refractivity contribution in [2.24, 2.45) is 5.73 Å². The van der Waals surface area contributed by atoms with Crippen LogP contribution in [-0.2, 0) is 10.0 Å². The molecule has 6 heteroatoms. The van der Waals surface area contributed by atoms with Gasteiger partial charge in [0.15, 0.2) is 0 Å². The Kier molecular flexibility index (Phi) is 6.31. The first-order valence-corrected chi connectivity index (χ1v) is 6.86. The van der Waals surface area contributed by atoms with E-state index >= 15 is 0 Å². The van der Waals surface area contributed by atoms with Crippen molar-refractivity contribution in [3.63, 3.8) is 0 Å². The topological polar surface area (TPSA) is 72.2 Å². The van der Waals surface area contributed by atoms with Gasteiger partial charge in [-0.25, -0.2) is 13.1 Å². The molecule has 0 aliphatic carbocycles. The molecule has 0 saturated carbocycles. The maximum Gasteiger partial charge on any atom is 0.211 e. The van der Waals surface area contributed by atoms with Crippen molar-refractivity contribution in [1.82, 2.24) is 4.72 Å². The molecule has 0 amide bonds. The zero-order valence-electron chi connectivity index (χ0n) is 9.42. The number of sulfonamides is 1. The number of hydrogen-bond acceptors (Lipinski definition) is 3. The third-order valence-electron chi connectivity index (χ3n) is 2.60. The lowest BCUT2D eigenvalue weighted by Crippen LogP contribution is -2.49. The zero-order chi connectivity index (χ0) is 11.9. The molecule has 0 bridgehead atoms. The second-order valence-electron chi connectivity index (χ2n) is 3.75. The van der Waals surface area contributed by atoms with Crippen LogP contribution in [0.4, 0.5) is 4.39 Å². The molecule has 0 saturated heterocycles. The van der Waals surface area contributed by atoms with Gasteiger partial charge >= 0.3 is 0 Å². The van der Waals surface area contributed by atoms with Crippen molar-refractivity contribution in [3.05, 3.63) is 0 Å². The van der Waals surface area contributed by atoms with Crippen molar-refractivity contribution >= 4 is 10.0 Å². The fourth-order valence-electron chi connectivity index (χ4n) is 1.07. The van der Waals surface area contributed by atoms with Gasteiger partial charge in [-0.15, -0.1) is 0 Å². The minimum atomic E-state index is -3.37. The lowest BCUT2D eigenvalue weighted by molar-refractivity contribution is 0.391. The van der Waals surface area contributed by atoms with Gasteiger partial charge in [0.05, 0.1) is 12.4 Å². The van der Waals surface area contributed by atoms with Crippen LogP contribution in [-0.4, -0.2) is 32.9 Å². The molecule has 0 unspecified atom stereocenters. The van der Waals surface area contributed by atoms with E-state index in [-0.39, 0.29) is 18.7 Å². The van der Waals surface area contributed by atoms with Gasteiger partial charge in [-0.3, -0.25) is 4.39 Å². The predicted molar refractivity (Wildman–Crippen MR) is 59.9 cm³/mol. The van der Waals surface area contributed by atoms with Crippen LogP contribution in [0.5, 0.6) is 0 Å². The first-order valence-electron chi connectivity index (χ1n) is 5.21. The van der Waals surface area contributed by atoms with Gasteiger partial charge in [0.25, 0.3) is 0 Å². The second-order valence-corrected chi connectivity index (χ2v) is 5.68. The molecule has 0 aliphatic heterocycles. The van der Waals surface area contributed by atoms with Crippen molar-refractivity contribution in [2.75, 3.05) is 19.0 Å². The Balaban J connectivity index is 4.13. The highest BCUT2D eigenvalue weighted by Crippen LogP contribution is 2.09. The van der Waals surface area contributed by atoms with E-state index in [2.05, 4.69) is 4.72 Å². The molecular weight excluding hydrogens is 219 g/mol. The third-order valence-corrected chi connectivity index (χ3v) is 4.01. The number of hydrogen-bond donors (Lipinski definition) is 2. The van der Waals surface area contributed by atoms with E-state index < -0.39 is 22.2 Å². The number of halogens is 1. The molecular formula is C9H21FN2O2S. The molecule has 0 atom stereocenters. The van der Waals surface area contributed by atoms with Crippen LogP contribution in [0.15, 0.2) is 0 Å². The normalized spacial score (nSPS) is 13.1. The molecule has 0 aromatic carbocycles. The van der Waals surface area contributed by atoms with Crippen LogP contribution < -0.4 is 10.5 Å². The fourth-order valence-corrected chi connectivity index (χ4v) is 2.21. The number of nitrogens with one attached hydrogen (secondary N) is 1. The van der Waals surface area contributed by atoms with Crippen molar-refractivity contribution in [1.29, 1.82) is 0 Å². The first-order chi connectivity index (χ1) is 6.89. The van der Waals surface area contributed by atoms with Crippen LogP contribution >= 0.6 is 0 Å². The van der Waals surface area contributed by atoms with E-state index in [1.165, 1.54) is 0 Å². The monoisotopic (exact) mass is 240 g/mol. The van der Waals surface area contributed by atoms with E-state index in [1.54, 1.807) is 0 Å².